The molecule has 0 aliphatic carbocycles. The first kappa shape index (κ1) is 16.4. The van der Waals surface area contributed by atoms with Gasteiger partial charge in [0, 0.05) is 0 Å². The first-order valence-electron chi connectivity index (χ1n) is 7.21. The molecular formula is C18H17NO4. The Morgan fingerprint density at radius 3 is 2.43 bits per heavy atom. The van der Waals surface area contributed by atoms with Crippen molar-refractivity contribution in [3.05, 3.63) is 60.2 Å². The van der Waals surface area contributed by atoms with E-state index in [-0.39, 0.29) is 12.2 Å². The molecule has 118 valence electrons. The monoisotopic (exact) mass is 311 g/mol. The maximum Gasteiger partial charge on any atom is 0.343 e. The summed E-state index contributed by atoms with van der Waals surface area (Å²) < 4.78 is 16.1. The van der Waals surface area contributed by atoms with Gasteiger partial charge in [0.05, 0.1) is 0 Å². The maximum absolute atomic E-state index is 12.0. The lowest BCUT2D eigenvalue weighted by Crippen LogP contribution is -2.15. The summed E-state index contributed by atoms with van der Waals surface area (Å²) in [6.07, 6.45) is -0.808. The van der Waals surface area contributed by atoms with Crippen LogP contribution in [0.3, 0.4) is 0 Å². The molecule has 2 rings (SSSR count). The number of rotatable bonds is 7. The van der Waals surface area contributed by atoms with Crippen molar-refractivity contribution in [3.63, 3.8) is 0 Å². The van der Waals surface area contributed by atoms with E-state index in [1.807, 2.05) is 36.4 Å². The van der Waals surface area contributed by atoms with Crippen molar-refractivity contribution in [2.24, 2.45) is 0 Å². The molecule has 0 heterocycles. The largest absolute Gasteiger partial charge is 0.490 e. The first-order valence-corrected chi connectivity index (χ1v) is 7.21. The van der Waals surface area contributed by atoms with Crippen LogP contribution in [0.5, 0.6) is 11.5 Å². The number of hydrogen-bond acceptors (Lipinski definition) is 5. The average Bonchev–Trinajstić information content (AvgIpc) is 2.59. The normalized spacial score (nSPS) is 11.1. The Balaban J connectivity index is 1.90. The van der Waals surface area contributed by atoms with Crippen molar-refractivity contribution in [2.45, 2.75) is 13.0 Å². The van der Waals surface area contributed by atoms with Crippen molar-refractivity contribution in [2.75, 3.05) is 13.2 Å². The molecule has 0 aliphatic heterocycles. The molecule has 1 unspecified atom stereocenters. The molecular weight excluding hydrogens is 294 g/mol. The average molecular weight is 311 g/mol. The van der Waals surface area contributed by atoms with E-state index in [2.05, 4.69) is 0 Å². The van der Waals surface area contributed by atoms with E-state index >= 15 is 0 Å². The van der Waals surface area contributed by atoms with E-state index in [0.717, 1.165) is 5.75 Å². The number of ether oxygens (including phenoxy) is 3. The van der Waals surface area contributed by atoms with Crippen molar-refractivity contribution < 1.29 is 19.0 Å². The van der Waals surface area contributed by atoms with Gasteiger partial charge in [-0.2, -0.15) is 5.26 Å². The van der Waals surface area contributed by atoms with Crippen LogP contribution in [-0.4, -0.2) is 25.3 Å². The molecule has 0 aliphatic rings. The molecule has 0 radical (unpaired) electrons. The SMILES string of the molecule is CC(C#N)OC(=O)c1ccccc1OCCOc1ccccc1. The van der Waals surface area contributed by atoms with Gasteiger partial charge in [0.25, 0.3) is 0 Å². The number of carbonyl (C=O) groups excluding carboxylic acids is 1. The molecule has 0 fully saturated rings. The molecule has 1 atom stereocenters. The van der Waals surface area contributed by atoms with Crippen LogP contribution >= 0.6 is 0 Å². The Morgan fingerprint density at radius 1 is 1.04 bits per heavy atom. The number of nitriles is 1. The van der Waals surface area contributed by atoms with Crippen LogP contribution in [0.4, 0.5) is 0 Å². The zero-order valence-electron chi connectivity index (χ0n) is 12.8. The fraction of sp³-hybridized carbons (Fsp3) is 0.222. The quantitative estimate of drug-likeness (QED) is 0.580. The van der Waals surface area contributed by atoms with Gasteiger partial charge in [-0.3, -0.25) is 0 Å². The van der Waals surface area contributed by atoms with Gasteiger partial charge in [-0.05, 0) is 31.2 Å². The van der Waals surface area contributed by atoms with E-state index < -0.39 is 12.1 Å². The minimum atomic E-state index is -0.808. The molecule has 0 spiro atoms. The Labute approximate surface area is 135 Å². The van der Waals surface area contributed by atoms with Crippen LogP contribution in [0.25, 0.3) is 0 Å². The minimum absolute atomic E-state index is 0.285. The third-order valence-electron chi connectivity index (χ3n) is 2.93. The molecule has 0 bridgehead atoms. The second-order valence-electron chi connectivity index (χ2n) is 4.68. The smallest absolute Gasteiger partial charge is 0.343 e. The molecule has 2 aromatic carbocycles. The lowest BCUT2D eigenvalue weighted by Gasteiger charge is -2.12. The summed E-state index contributed by atoms with van der Waals surface area (Å²) >= 11 is 0. The summed E-state index contributed by atoms with van der Waals surface area (Å²) in [5.41, 5.74) is 0.286. The minimum Gasteiger partial charge on any atom is -0.490 e. The molecule has 2 aromatic rings. The highest BCUT2D eigenvalue weighted by Gasteiger charge is 2.16. The van der Waals surface area contributed by atoms with E-state index in [9.17, 15) is 4.79 Å². The predicted octanol–water partition coefficient (Wildman–Crippen LogP) is 3.21. The van der Waals surface area contributed by atoms with Crippen LogP contribution in [0.1, 0.15) is 17.3 Å². The van der Waals surface area contributed by atoms with Crippen LogP contribution < -0.4 is 9.47 Å². The van der Waals surface area contributed by atoms with Crippen LogP contribution in [-0.2, 0) is 4.74 Å². The van der Waals surface area contributed by atoms with E-state index in [4.69, 9.17) is 19.5 Å². The van der Waals surface area contributed by atoms with Gasteiger partial charge in [0.1, 0.15) is 36.3 Å². The zero-order chi connectivity index (χ0) is 16.5. The molecule has 23 heavy (non-hydrogen) atoms. The molecule has 0 aromatic heterocycles. The van der Waals surface area contributed by atoms with Gasteiger partial charge in [0.15, 0.2) is 6.10 Å². The molecule has 0 saturated heterocycles. The second kappa shape index (κ2) is 8.44. The van der Waals surface area contributed by atoms with Crippen molar-refractivity contribution in [1.82, 2.24) is 0 Å². The van der Waals surface area contributed by atoms with Crippen molar-refractivity contribution in [1.29, 1.82) is 5.26 Å². The summed E-state index contributed by atoms with van der Waals surface area (Å²) in [4.78, 5) is 12.0. The van der Waals surface area contributed by atoms with Gasteiger partial charge < -0.3 is 14.2 Å². The Bertz CT molecular complexity index is 679. The fourth-order valence-electron chi connectivity index (χ4n) is 1.84. The number of esters is 1. The lowest BCUT2D eigenvalue weighted by molar-refractivity contribution is 0.0430. The lowest BCUT2D eigenvalue weighted by atomic mass is 10.2. The van der Waals surface area contributed by atoms with E-state index in [1.54, 1.807) is 24.3 Å². The Kier molecular flexibility index (Phi) is 6.01. The predicted molar refractivity (Wildman–Crippen MR) is 84.4 cm³/mol. The number of nitrogens with zero attached hydrogens (tertiary/aromatic N) is 1. The standard InChI is InChI=1S/C18H17NO4/c1-14(13-19)23-18(20)16-9-5-6-10-17(16)22-12-11-21-15-7-3-2-4-8-15/h2-10,14H,11-12H2,1H3. The summed E-state index contributed by atoms with van der Waals surface area (Å²) in [6, 6.07) is 18.0. The Hall–Kier alpha value is -3.00. The van der Waals surface area contributed by atoms with Crippen LogP contribution in [0.2, 0.25) is 0 Å². The summed E-state index contributed by atoms with van der Waals surface area (Å²) in [7, 11) is 0. The summed E-state index contributed by atoms with van der Waals surface area (Å²) in [5.74, 6) is 0.574. The fourth-order valence-corrected chi connectivity index (χ4v) is 1.84. The van der Waals surface area contributed by atoms with Gasteiger partial charge in [0.2, 0.25) is 0 Å². The van der Waals surface area contributed by atoms with E-state index in [1.165, 1.54) is 6.92 Å². The molecule has 0 amide bonds. The summed E-state index contributed by atoms with van der Waals surface area (Å²) in [6.45, 7) is 2.14. The van der Waals surface area contributed by atoms with Gasteiger partial charge in [-0.1, -0.05) is 30.3 Å². The van der Waals surface area contributed by atoms with Crippen LogP contribution in [0.15, 0.2) is 54.6 Å². The summed E-state index contributed by atoms with van der Waals surface area (Å²) in [5, 5.41) is 8.71. The highest BCUT2D eigenvalue weighted by Crippen LogP contribution is 2.19. The third-order valence-corrected chi connectivity index (χ3v) is 2.93. The van der Waals surface area contributed by atoms with E-state index in [0.29, 0.717) is 12.4 Å². The van der Waals surface area contributed by atoms with Gasteiger partial charge in [-0.25, -0.2) is 4.79 Å². The van der Waals surface area contributed by atoms with Crippen molar-refractivity contribution >= 4 is 5.97 Å². The maximum atomic E-state index is 12.0. The topological polar surface area (TPSA) is 68.5 Å². The highest BCUT2D eigenvalue weighted by atomic mass is 16.5. The number of hydrogen-bond donors (Lipinski definition) is 0. The number of carbonyl (C=O) groups is 1. The molecule has 0 saturated carbocycles. The Morgan fingerprint density at radius 2 is 1.70 bits per heavy atom. The van der Waals surface area contributed by atoms with Gasteiger partial charge in [-0.15, -0.1) is 0 Å². The molecule has 0 N–H and O–H groups in total. The zero-order valence-corrected chi connectivity index (χ0v) is 12.8. The van der Waals surface area contributed by atoms with Crippen molar-refractivity contribution in [3.8, 4) is 17.6 Å². The second-order valence-corrected chi connectivity index (χ2v) is 4.68. The first-order chi connectivity index (χ1) is 11.2. The molecule has 5 heteroatoms. The van der Waals surface area contributed by atoms with Gasteiger partial charge >= 0.3 is 5.97 Å². The number of para-hydroxylation sites is 2. The third kappa shape index (κ3) is 5.04. The molecule has 5 nitrogen and oxygen atoms in total. The number of benzene rings is 2. The highest BCUT2D eigenvalue weighted by molar-refractivity contribution is 5.92. The van der Waals surface area contributed by atoms with Crippen LogP contribution in [0, 0.1) is 11.3 Å².